The van der Waals surface area contributed by atoms with Crippen LogP contribution in [0.15, 0.2) is 53.5 Å². The lowest BCUT2D eigenvalue weighted by molar-refractivity contribution is 0.306. The molecule has 0 saturated carbocycles. The average Bonchev–Trinajstić information content (AvgIpc) is 2.89. The summed E-state index contributed by atoms with van der Waals surface area (Å²) >= 11 is 0. The number of hydrogen-bond donors (Lipinski definition) is 1. The second-order valence-electron chi connectivity index (χ2n) is 5.13. The SMILES string of the molecule is CC(N)C1=Nc2cc(OCc3ccccc3)ccc2C1. The molecular weight excluding hydrogens is 248 g/mol. The minimum atomic E-state index is 0.0103. The van der Waals surface area contributed by atoms with Gasteiger partial charge >= 0.3 is 0 Å². The molecule has 1 heterocycles. The predicted octanol–water partition coefficient (Wildman–Crippen LogP) is 3.24. The molecule has 102 valence electrons. The first-order valence-electron chi connectivity index (χ1n) is 6.85. The number of ether oxygens (including phenoxy) is 1. The van der Waals surface area contributed by atoms with Gasteiger partial charge in [0.15, 0.2) is 0 Å². The highest BCUT2D eigenvalue weighted by Gasteiger charge is 2.17. The van der Waals surface area contributed by atoms with Crippen LogP contribution in [0.4, 0.5) is 5.69 Å². The summed E-state index contributed by atoms with van der Waals surface area (Å²) in [5.74, 6) is 0.849. The Balaban J connectivity index is 1.72. The van der Waals surface area contributed by atoms with Gasteiger partial charge in [0.2, 0.25) is 0 Å². The van der Waals surface area contributed by atoms with Gasteiger partial charge in [-0.15, -0.1) is 0 Å². The summed E-state index contributed by atoms with van der Waals surface area (Å²) in [6.45, 7) is 2.54. The van der Waals surface area contributed by atoms with E-state index in [2.05, 4.69) is 23.2 Å². The Bertz CT molecular complexity index is 633. The number of nitrogens with two attached hydrogens (primary N) is 1. The van der Waals surface area contributed by atoms with Gasteiger partial charge in [0.25, 0.3) is 0 Å². The highest BCUT2D eigenvalue weighted by molar-refractivity contribution is 5.97. The minimum Gasteiger partial charge on any atom is -0.489 e. The zero-order valence-electron chi connectivity index (χ0n) is 11.5. The lowest BCUT2D eigenvalue weighted by atomic mass is 10.1. The van der Waals surface area contributed by atoms with Gasteiger partial charge in [-0.3, -0.25) is 4.99 Å². The van der Waals surface area contributed by atoms with E-state index in [1.165, 1.54) is 5.56 Å². The molecule has 3 nitrogen and oxygen atoms in total. The molecule has 0 bridgehead atoms. The lowest BCUT2D eigenvalue weighted by Gasteiger charge is -2.07. The monoisotopic (exact) mass is 266 g/mol. The van der Waals surface area contributed by atoms with E-state index in [0.29, 0.717) is 6.61 Å². The number of fused-ring (bicyclic) bond motifs is 1. The van der Waals surface area contributed by atoms with E-state index in [9.17, 15) is 0 Å². The molecule has 2 aromatic carbocycles. The van der Waals surface area contributed by atoms with Crippen molar-refractivity contribution in [2.75, 3.05) is 0 Å². The van der Waals surface area contributed by atoms with Crippen LogP contribution in [0.25, 0.3) is 0 Å². The van der Waals surface area contributed by atoms with Crippen molar-refractivity contribution in [3.05, 3.63) is 59.7 Å². The molecule has 2 aromatic rings. The van der Waals surface area contributed by atoms with Gasteiger partial charge in [-0.05, 0) is 24.1 Å². The molecule has 0 aliphatic carbocycles. The zero-order valence-corrected chi connectivity index (χ0v) is 11.5. The summed E-state index contributed by atoms with van der Waals surface area (Å²) < 4.78 is 5.81. The highest BCUT2D eigenvalue weighted by atomic mass is 16.5. The fraction of sp³-hybridized carbons (Fsp3) is 0.235. The van der Waals surface area contributed by atoms with E-state index in [1.807, 2.05) is 37.3 Å². The highest BCUT2D eigenvalue weighted by Crippen LogP contribution is 2.31. The minimum absolute atomic E-state index is 0.0103. The van der Waals surface area contributed by atoms with Gasteiger partial charge in [-0.1, -0.05) is 36.4 Å². The molecule has 1 aliphatic rings. The van der Waals surface area contributed by atoms with Crippen LogP contribution in [-0.2, 0) is 13.0 Å². The summed E-state index contributed by atoms with van der Waals surface area (Å²) in [5.41, 5.74) is 10.3. The number of benzene rings is 2. The second kappa shape index (κ2) is 5.47. The molecule has 0 saturated heterocycles. The Morgan fingerprint density at radius 1 is 1.20 bits per heavy atom. The quantitative estimate of drug-likeness (QED) is 0.923. The van der Waals surface area contributed by atoms with Gasteiger partial charge in [0.05, 0.1) is 5.69 Å². The Morgan fingerprint density at radius 3 is 2.75 bits per heavy atom. The third-order valence-electron chi connectivity index (χ3n) is 3.47. The molecule has 0 aromatic heterocycles. The molecule has 0 spiro atoms. The maximum Gasteiger partial charge on any atom is 0.121 e. The maximum absolute atomic E-state index is 5.89. The summed E-state index contributed by atoms with van der Waals surface area (Å²) in [6, 6.07) is 16.2. The third-order valence-corrected chi connectivity index (χ3v) is 3.47. The predicted molar refractivity (Wildman–Crippen MR) is 81.7 cm³/mol. The Kier molecular flexibility index (Phi) is 3.52. The van der Waals surface area contributed by atoms with Crippen molar-refractivity contribution in [1.82, 2.24) is 0 Å². The third kappa shape index (κ3) is 2.73. The smallest absolute Gasteiger partial charge is 0.121 e. The number of nitrogens with zero attached hydrogens (tertiary/aromatic N) is 1. The number of aliphatic imine (C=N–C) groups is 1. The molecular formula is C17H18N2O. The summed E-state index contributed by atoms with van der Waals surface area (Å²) in [7, 11) is 0. The Labute approximate surface area is 119 Å². The van der Waals surface area contributed by atoms with Crippen molar-refractivity contribution >= 4 is 11.4 Å². The maximum atomic E-state index is 5.89. The van der Waals surface area contributed by atoms with Crippen LogP contribution in [0.1, 0.15) is 18.1 Å². The topological polar surface area (TPSA) is 47.6 Å². The summed E-state index contributed by atoms with van der Waals surface area (Å²) in [5, 5.41) is 0. The number of hydrogen-bond acceptors (Lipinski definition) is 3. The largest absolute Gasteiger partial charge is 0.489 e. The first-order valence-corrected chi connectivity index (χ1v) is 6.85. The molecule has 1 atom stereocenters. The molecule has 3 rings (SSSR count). The van der Waals surface area contributed by atoms with E-state index in [4.69, 9.17) is 10.5 Å². The van der Waals surface area contributed by atoms with Gasteiger partial charge in [-0.2, -0.15) is 0 Å². The Hall–Kier alpha value is -2.13. The van der Waals surface area contributed by atoms with Crippen LogP contribution >= 0.6 is 0 Å². The van der Waals surface area contributed by atoms with Gasteiger partial charge in [0.1, 0.15) is 12.4 Å². The lowest BCUT2D eigenvalue weighted by Crippen LogP contribution is -2.26. The van der Waals surface area contributed by atoms with Crippen LogP contribution in [0.2, 0.25) is 0 Å². The average molecular weight is 266 g/mol. The fourth-order valence-corrected chi connectivity index (χ4v) is 2.28. The van der Waals surface area contributed by atoms with Crippen molar-refractivity contribution in [2.24, 2.45) is 10.7 Å². The summed E-state index contributed by atoms with van der Waals surface area (Å²) in [4.78, 5) is 4.58. The first kappa shape index (κ1) is 12.9. The van der Waals surface area contributed by atoms with E-state index >= 15 is 0 Å². The molecule has 2 N–H and O–H groups in total. The van der Waals surface area contributed by atoms with Crippen LogP contribution in [0, 0.1) is 0 Å². The molecule has 1 aliphatic heterocycles. The second-order valence-corrected chi connectivity index (χ2v) is 5.13. The van der Waals surface area contributed by atoms with E-state index in [-0.39, 0.29) is 6.04 Å². The van der Waals surface area contributed by atoms with Gasteiger partial charge in [0, 0.05) is 24.2 Å². The van der Waals surface area contributed by atoms with Gasteiger partial charge < -0.3 is 10.5 Å². The van der Waals surface area contributed by atoms with Crippen LogP contribution in [0.3, 0.4) is 0 Å². The molecule has 0 amide bonds. The summed E-state index contributed by atoms with van der Waals surface area (Å²) in [6.07, 6.45) is 0.853. The van der Waals surface area contributed by atoms with Crippen LogP contribution < -0.4 is 10.5 Å². The van der Waals surface area contributed by atoms with Gasteiger partial charge in [-0.25, -0.2) is 0 Å². The molecule has 3 heteroatoms. The molecule has 0 fully saturated rings. The molecule has 1 unspecified atom stereocenters. The zero-order chi connectivity index (χ0) is 13.9. The molecule has 0 radical (unpaired) electrons. The van der Waals surface area contributed by atoms with Crippen molar-refractivity contribution in [3.63, 3.8) is 0 Å². The van der Waals surface area contributed by atoms with Crippen LogP contribution in [0.5, 0.6) is 5.75 Å². The van der Waals surface area contributed by atoms with Crippen molar-refractivity contribution < 1.29 is 4.74 Å². The van der Waals surface area contributed by atoms with E-state index in [1.54, 1.807) is 0 Å². The van der Waals surface area contributed by atoms with E-state index < -0.39 is 0 Å². The normalized spacial score (nSPS) is 14.6. The number of rotatable bonds is 4. The van der Waals surface area contributed by atoms with E-state index in [0.717, 1.165) is 29.1 Å². The Morgan fingerprint density at radius 2 is 2.00 bits per heavy atom. The standard InChI is InChI=1S/C17H18N2O/c1-12(18)16-9-14-7-8-15(10-17(14)19-16)20-11-13-5-3-2-4-6-13/h2-8,10,12H,9,11,18H2,1H3. The van der Waals surface area contributed by atoms with Crippen molar-refractivity contribution in [2.45, 2.75) is 26.0 Å². The first-order chi connectivity index (χ1) is 9.72. The van der Waals surface area contributed by atoms with Crippen molar-refractivity contribution in [1.29, 1.82) is 0 Å². The van der Waals surface area contributed by atoms with Crippen LogP contribution in [-0.4, -0.2) is 11.8 Å². The van der Waals surface area contributed by atoms with Crippen molar-refractivity contribution in [3.8, 4) is 5.75 Å². The fourth-order valence-electron chi connectivity index (χ4n) is 2.28. The molecule has 20 heavy (non-hydrogen) atoms.